The second-order valence-corrected chi connectivity index (χ2v) is 2.96. The van der Waals surface area contributed by atoms with Gasteiger partial charge in [0.25, 0.3) is 0 Å². The van der Waals surface area contributed by atoms with Crippen LogP contribution < -0.4 is 0 Å². The van der Waals surface area contributed by atoms with Crippen LogP contribution in [0.15, 0.2) is 49.6 Å². The number of rotatable bonds is 4. The lowest BCUT2D eigenvalue weighted by Gasteiger charge is -1.91. The Morgan fingerprint density at radius 3 is 2.36 bits per heavy atom. The Balaban J connectivity index is 0.000000791. The van der Waals surface area contributed by atoms with Gasteiger partial charge in [-0.25, -0.2) is 0 Å². The lowest BCUT2D eigenvalue weighted by atomic mass is 10.2. The highest BCUT2D eigenvalue weighted by molar-refractivity contribution is 5.48. The molecule has 0 aliphatic heterocycles. The molecular formula is C14H20. The summed E-state index contributed by atoms with van der Waals surface area (Å²) in [5, 5.41) is 0. The normalized spacial score (nSPS) is 9.50. The molecule has 0 fully saturated rings. The van der Waals surface area contributed by atoms with Gasteiger partial charge in [0, 0.05) is 0 Å². The predicted octanol–water partition coefficient (Wildman–Crippen LogP) is 4.69. The van der Waals surface area contributed by atoms with Crippen molar-refractivity contribution in [1.82, 2.24) is 0 Å². The predicted molar refractivity (Wildman–Crippen MR) is 66.3 cm³/mol. The molecule has 0 saturated heterocycles. The van der Waals surface area contributed by atoms with Gasteiger partial charge in [-0.3, -0.25) is 0 Å². The molecule has 0 amide bonds. The minimum absolute atomic E-state index is 1.20. The van der Waals surface area contributed by atoms with Crippen LogP contribution in [-0.4, -0.2) is 0 Å². The molecular weight excluding hydrogens is 168 g/mol. The van der Waals surface area contributed by atoms with Crippen LogP contribution in [0.1, 0.15) is 31.7 Å². The largest absolute Gasteiger partial charge is 0.106 e. The van der Waals surface area contributed by atoms with Crippen molar-refractivity contribution in [2.45, 2.75) is 26.2 Å². The van der Waals surface area contributed by atoms with Crippen molar-refractivity contribution in [3.63, 3.8) is 0 Å². The summed E-state index contributed by atoms with van der Waals surface area (Å²) in [5.74, 6) is 0. The van der Waals surface area contributed by atoms with Crippen LogP contribution in [0.5, 0.6) is 0 Å². The van der Waals surface area contributed by atoms with Crippen LogP contribution in [0, 0.1) is 0 Å². The van der Waals surface area contributed by atoms with Crippen LogP contribution in [0.4, 0.5) is 0 Å². The quantitative estimate of drug-likeness (QED) is 0.475. The van der Waals surface area contributed by atoms with E-state index < -0.39 is 0 Å². The minimum Gasteiger partial charge on any atom is -0.106 e. The van der Waals surface area contributed by atoms with Gasteiger partial charge in [0.15, 0.2) is 0 Å². The maximum atomic E-state index is 3.00. The molecule has 0 aliphatic carbocycles. The molecule has 0 radical (unpaired) electrons. The van der Waals surface area contributed by atoms with E-state index in [4.69, 9.17) is 0 Å². The van der Waals surface area contributed by atoms with Crippen LogP contribution in [0.3, 0.4) is 0 Å². The summed E-state index contributed by atoms with van der Waals surface area (Å²) in [6.07, 6.45) is 8.21. The maximum Gasteiger partial charge on any atom is -0.0260 e. The first-order valence-electron chi connectivity index (χ1n) is 5.15. The molecule has 0 aromatic heterocycles. The average Bonchev–Trinajstić information content (AvgIpc) is 2.29. The van der Waals surface area contributed by atoms with Gasteiger partial charge in [0.1, 0.15) is 0 Å². The Bertz CT molecular complexity index is 233. The highest BCUT2D eigenvalue weighted by Gasteiger charge is 1.81. The summed E-state index contributed by atoms with van der Waals surface area (Å²) >= 11 is 0. The lowest BCUT2D eigenvalue weighted by Crippen LogP contribution is -1.69. The Hall–Kier alpha value is -1.30. The number of unbranched alkanes of at least 4 members (excludes halogenated alkanes) is 2. The Morgan fingerprint density at radius 2 is 1.79 bits per heavy atom. The minimum atomic E-state index is 1.20. The Labute approximate surface area is 88.0 Å². The maximum absolute atomic E-state index is 3.00. The third kappa shape index (κ3) is 6.24. The summed E-state index contributed by atoms with van der Waals surface area (Å²) in [6, 6.07) is 10.4. The fourth-order valence-corrected chi connectivity index (χ4v) is 1.11. The second-order valence-electron chi connectivity index (χ2n) is 2.96. The van der Waals surface area contributed by atoms with E-state index in [9.17, 15) is 0 Å². The number of benzene rings is 1. The zero-order valence-corrected chi connectivity index (χ0v) is 9.08. The van der Waals surface area contributed by atoms with Crippen molar-refractivity contribution in [1.29, 1.82) is 0 Å². The van der Waals surface area contributed by atoms with E-state index in [1.165, 1.54) is 24.8 Å². The van der Waals surface area contributed by atoms with Crippen molar-refractivity contribution in [3.05, 3.63) is 55.1 Å². The molecule has 0 bridgehead atoms. The van der Waals surface area contributed by atoms with Crippen molar-refractivity contribution >= 4 is 6.08 Å². The lowest BCUT2D eigenvalue weighted by molar-refractivity contribution is 0.816. The van der Waals surface area contributed by atoms with Crippen molar-refractivity contribution in [3.8, 4) is 0 Å². The number of hydrogen-bond acceptors (Lipinski definition) is 0. The van der Waals surface area contributed by atoms with E-state index in [1.807, 2.05) is 6.07 Å². The third-order valence-electron chi connectivity index (χ3n) is 1.83. The summed E-state index contributed by atoms with van der Waals surface area (Å²) in [4.78, 5) is 0. The van der Waals surface area contributed by atoms with Gasteiger partial charge in [0.2, 0.25) is 0 Å². The molecule has 76 valence electrons. The van der Waals surface area contributed by atoms with Crippen molar-refractivity contribution < 1.29 is 0 Å². The molecule has 0 heteroatoms. The van der Waals surface area contributed by atoms with Gasteiger partial charge < -0.3 is 0 Å². The molecule has 14 heavy (non-hydrogen) atoms. The van der Waals surface area contributed by atoms with Crippen molar-refractivity contribution in [2.24, 2.45) is 0 Å². The summed E-state index contributed by atoms with van der Waals surface area (Å²) in [6.45, 7) is 8.22. The highest BCUT2D eigenvalue weighted by atomic mass is 13.9. The topological polar surface area (TPSA) is 0 Å². The molecule has 0 saturated carbocycles. The number of hydrogen-bond donors (Lipinski definition) is 0. The first kappa shape index (κ1) is 12.7. The van der Waals surface area contributed by atoms with Crippen LogP contribution in [-0.2, 0) is 0 Å². The molecule has 0 unspecified atom stereocenters. The first-order valence-corrected chi connectivity index (χ1v) is 5.15. The second kappa shape index (κ2) is 9.79. The van der Waals surface area contributed by atoms with Gasteiger partial charge in [-0.15, -0.1) is 13.2 Å². The summed E-state index contributed by atoms with van der Waals surface area (Å²) < 4.78 is 0. The zero-order valence-electron chi connectivity index (χ0n) is 9.08. The molecule has 1 aromatic rings. The van der Waals surface area contributed by atoms with E-state index in [1.54, 1.807) is 0 Å². The monoisotopic (exact) mass is 188 g/mol. The van der Waals surface area contributed by atoms with E-state index in [0.29, 0.717) is 0 Å². The molecule has 0 spiro atoms. The standard InChI is InChI=1S/C12H16.C2H4/c1-2-3-4-6-9-12-10-7-5-8-11-12;1-2/h5-11H,2-4H2,1H3;1-2H2. The van der Waals surface area contributed by atoms with Gasteiger partial charge in [-0.05, 0) is 12.0 Å². The van der Waals surface area contributed by atoms with Gasteiger partial charge in [-0.1, -0.05) is 62.2 Å². The first-order chi connectivity index (χ1) is 6.93. The Kier molecular flexibility index (Phi) is 8.88. The van der Waals surface area contributed by atoms with Crippen LogP contribution in [0.25, 0.3) is 6.08 Å². The molecule has 0 N–H and O–H groups in total. The van der Waals surface area contributed by atoms with Gasteiger partial charge >= 0.3 is 0 Å². The van der Waals surface area contributed by atoms with E-state index in [2.05, 4.69) is 56.5 Å². The molecule has 0 atom stereocenters. The Morgan fingerprint density at radius 1 is 1.14 bits per heavy atom. The van der Waals surface area contributed by atoms with Crippen molar-refractivity contribution in [2.75, 3.05) is 0 Å². The summed E-state index contributed by atoms with van der Waals surface area (Å²) in [5.41, 5.74) is 1.30. The average molecular weight is 188 g/mol. The zero-order chi connectivity index (χ0) is 10.6. The third-order valence-corrected chi connectivity index (χ3v) is 1.83. The number of allylic oxidation sites excluding steroid dienone is 1. The van der Waals surface area contributed by atoms with E-state index >= 15 is 0 Å². The van der Waals surface area contributed by atoms with Crippen LogP contribution >= 0.6 is 0 Å². The highest BCUT2D eigenvalue weighted by Crippen LogP contribution is 2.03. The fourth-order valence-electron chi connectivity index (χ4n) is 1.11. The molecule has 1 aromatic carbocycles. The molecule has 0 heterocycles. The SMILES string of the molecule is C=C.CCCCC=Cc1ccccc1. The van der Waals surface area contributed by atoms with E-state index in [-0.39, 0.29) is 0 Å². The smallest absolute Gasteiger partial charge is 0.0260 e. The molecule has 0 aliphatic rings. The van der Waals surface area contributed by atoms with Gasteiger partial charge in [0.05, 0.1) is 0 Å². The fraction of sp³-hybridized carbons (Fsp3) is 0.286. The summed E-state index contributed by atoms with van der Waals surface area (Å²) in [7, 11) is 0. The molecule has 0 nitrogen and oxygen atoms in total. The van der Waals surface area contributed by atoms with Crippen LogP contribution in [0.2, 0.25) is 0 Å². The molecule has 1 rings (SSSR count). The van der Waals surface area contributed by atoms with E-state index in [0.717, 1.165) is 0 Å². The van der Waals surface area contributed by atoms with Gasteiger partial charge in [-0.2, -0.15) is 0 Å².